The summed E-state index contributed by atoms with van der Waals surface area (Å²) >= 11 is 0. The number of hydrogen-bond donors (Lipinski definition) is 1. The first-order chi connectivity index (χ1) is 17.3. The Morgan fingerprint density at radius 3 is 2.53 bits per heavy atom. The topological polar surface area (TPSA) is 103 Å². The molecule has 1 aliphatic rings. The van der Waals surface area contributed by atoms with Crippen molar-refractivity contribution >= 4 is 21.7 Å². The van der Waals surface area contributed by atoms with Crippen LogP contribution in [-0.4, -0.2) is 36.3 Å². The molecule has 10 heteroatoms. The van der Waals surface area contributed by atoms with E-state index in [1.54, 1.807) is 49.6 Å². The molecule has 0 spiro atoms. The number of aromatic nitrogens is 3. The van der Waals surface area contributed by atoms with Gasteiger partial charge in [-0.05, 0) is 66.8 Å². The molecule has 4 aromatic rings. The van der Waals surface area contributed by atoms with Crippen molar-refractivity contribution in [3.05, 3.63) is 83.9 Å². The van der Waals surface area contributed by atoms with E-state index in [9.17, 15) is 13.2 Å². The quantitative estimate of drug-likeness (QED) is 0.363. The zero-order chi connectivity index (χ0) is 25.4. The van der Waals surface area contributed by atoms with E-state index in [1.165, 1.54) is 36.2 Å². The SMILES string of the molecule is COC(=O)c1ccc(C2CC2)c(S(=O)(=O)Nc2cc(-c3ccnn3C)c(F)cc2-c2ccccn2)c1. The highest BCUT2D eigenvalue weighted by Crippen LogP contribution is 2.44. The third-order valence-corrected chi connectivity index (χ3v) is 7.55. The number of aryl methyl sites for hydroxylation is 1. The summed E-state index contributed by atoms with van der Waals surface area (Å²) in [7, 11) is -1.27. The molecule has 1 saturated carbocycles. The second kappa shape index (κ2) is 9.19. The third kappa shape index (κ3) is 4.47. The Labute approximate surface area is 207 Å². The maximum absolute atomic E-state index is 15.3. The summed E-state index contributed by atoms with van der Waals surface area (Å²) in [5.41, 5.74) is 2.24. The normalized spacial score (nSPS) is 13.4. The first kappa shape index (κ1) is 23.7. The van der Waals surface area contributed by atoms with E-state index in [1.807, 2.05) is 0 Å². The number of nitrogens with one attached hydrogen (secondary N) is 1. The number of benzene rings is 2. The minimum absolute atomic E-state index is 0.00807. The molecule has 0 aliphatic heterocycles. The number of sulfonamides is 1. The lowest BCUT2D eigenvalue weighted by Gasteiger charge is -2.17. The molecule has 8 nitrogen and oxygen atoms in total. The van der Waals surface area contributed by atoms with Gasteiger partial charge in [-0.3, -0.25) is 14.4 Å². The summed E-state index contributed by atoms with van der Waals surface area (Å²) < 4.78 is 51.7. The molecule has 5 rings (SSSR count). The molecule has 36 heavy (non-hydrogen) atoms. The van der Waals surface area contributed by atoms with Crippen molar-refractivity contribution in [3.8, 4) is 22.5 Å². The molecule has 0 unspecified atom stereocenters. The van der Waals surface area contributed by atoms with Crippen molar-refractivity contribution in [2.24, 2.45) is 7.05 Å². The van der Waals surface area contributed by atoms with E-state index in [2.05, 4.69) is 14.8 Å². The molecule has 0 radical (unpaired) electrons. The fourth-order valence-corrected chi connectivity index (χ4v) is 5.56. The highest BCUT2D eigenvalue weighted by molar-refractivity contribution is 7.92. The number of esters is 1. The van der Waals surface area contributed by atoms with Crippen LogP contribution < -0.4 is 4.72 Å². The van der Waals surface area contributed by atoms with Gasteiger partial charge in [0.05, 0.1) is 34.6 Å². The molecule has 2 heterocycles. The van der Waals surface area contributed by atoms with Crippen molar-refractivity contribution < 1.29 is 22.3 Å². The number of methoxy groups -OCH3 is 1. The van der Waals surface area contributed by atoms with Crippen LogP contribution in [0.25, 0.3) is 22.5 Å². The predicted octanol–water partition coefficient (Wildman–Crippen LogP) is 4.75. The van der Waals surface area contributed by atoms with Crippen LogP contribution in [0.2, 0.25) is 0 Å². The molecule has 0 bridgehead atoms. The van der Waals surface area contributed by atoms with Gasteiger partial charge in [-0.25, -0.2) is 17.6 Å². The summed E-state index contributed by atoms with van der Waals surface area (Å²) in [4.78, 5) is 16.4. The minimum Gasteiger partial charge on any atom is -0.465 e. The Morgan fingerprint density at radius 1 is 1.08 bits per heavy atom. The van der Waals surface area contributed by atoms with Crippen LogP contribution in [0.15, 0.2) is 71.9 Å². The van der Waals surface area contributed by atoms with Crippen molar-refractivity contribution in [1.29, 1.82) is 0 Å². The summed E-state index contributed by atoms with van der Waals surface area (Å²) in [6, 6.07) is 14.0. The summed E-state index contributed by atoms with van der Waals surface area (Å²) in [6.45, 7) is 0. The highest BCUT2D eigenvalue weighted by Gasteiger charge is 2.32. The van der Waals surface area contributed by atoms with Crippen molar-refractivity contribution in [3.63, 3.8) is 0 Å². The fourth-order valence-electron chi connectivity index (χ4n) is 4.17. The van der Waals surface area contributed by atoms with Crippen molar-refractivity contribution in [2.75, 3.05) is 11.8 Å². The lowest BCUT2D eigenvalue weighted by molar-refractivity contribution is 0.0600. The minimum atomic E-state index is -4.18. The summed E-state index contributed by atoms with van der Waals surface area (Å²) in [5.74, 6) is -1.09. The fraction of sp³-hybridized carbons (Fsp3) is 0.192. The number of halogens is 1. The van der Waals surface area contributed by atoms with Crippen LogP contribution in [0.1, 0.15) is 34.7 Å². The first-order valence-corrected chi connectivity index (χ1v) is 12.7. The van der Waals surface area contributed by atoms with Crippen LogP contribution in [0.5, 0.6) is 0 Å². The largest absolute Gasteiger partial charge is 0.465 e. The maximum Gasteiger partial charge on any atom is 0.337 e. The molecule has 184 valence electrons. The van der Waals surface area contributed by atoms with Gasteiger partial charge in [0, 0.05) is 30.6 Å². The second-order valence-corrected chi connectivity index (χ2v) is 10.2. The molecule has 1 fully saturated rings. The molecule has 0 saturated heterocycles. The van der Waals surface area contributed by atoms with Gasteiger partial charge in [-0.2, -0.15) is 5.10 Å². The monoisotopic (exact) mass is 506 g/mol. The van der Waals surface area contributed by atoms with Crippen molar-refractivity contribution in [2.45, 2.75) is 23.7 Å². The average molecular weight is 507 g/mol. The number of anilines is 1. The average Bonchev–Trinajstić information content (AvgIpc) is 3.64. The van der Waals surface area contributed by atoms with Gasteiger partial charge in [0.15, 0.2) is 0 Å². The smallest absolute Gasteiger partial charge is 0.337 e. The van der Waals surface area contributed by atoms with Gasteiger partial charge in [0.2, 0.25) is 0 Å². The Hall–Kier alpha value is -4.05. The summed E-state index contributed by atoms with van der Waals surface area (Å²) in [5, 5.41) is 4.09. The molecule has 1 aliphatic carbocycles. The second-order valence-electron chi connectivity index (χ2n) is 8.56. The lowest BCUT2D eigenvalue weighted by atomic mass is 10.0. The molecule has 2 aromatic heterocycles. The first-order valence-electron chi connectivity index (χ1n) is 11.3. The van der Waals surface area contributed by atoms with Gasteiger partial charge in [0.1, 0.15) is 5.82 Å². The standard InChI is InChI=1S/C26H23FN4O4S/c1-31-24(10-12-29-31)19-15-23(20(14-21(19)27)22-5-3-4-11-28-22)30-36(33,34)25-13-17(26(32)35-2)8-9-18(25)16-6-7-16/h3-5,8-16,30H,6-7H2,1-2H3. The Morgan fingerprint density at radius 2 is 1.89 bits per heavy atom. The zero-order valence-corrected chi connectivity index (χ0v) is 20.4. The van der Waals surface area contributed by atoms with Gasteiger partial charge in [0.25, 0.3) is 10.0 Å². The van der Waals surface area contributed by atoms with E-state index in [-0.39, 0.29) is 33.2 Å². The molecule has 0 amide bonds. The highest BCUT2D eigenvalue weighted by atomic mass is 32.2. The predicted molar refractivity (Wildman–Crippen MR) is 132 cm³/mol. The molecular weight excluding hydrogens is 483 g/mol. The van der Waals surface area contributed by atoms with E-state index in [0.717, 1.165) is 12.8 Å². The Balaban J connectivity index is 1.66. The summed E-state index contributed by atoms with van der Waals surface area (Å²) in [6.07, 6.45) is 4.80. The number of rotatable bonds is 7. The van der Waals surface area contributed by atoms with E-state index in [0.29, 0.717) is 17.0 Å². The van der Waals surface area contributed by atoms with Crippen LogP contribution >= 0.6 is 0 Å². The number of ether oxygens (including phenoxy) is 1. The van der Waals surface area contributed by atoms with Crippen molar-refractivity contribution in [1.82, 2.24) is 14.8 Å². The van der Waals surface area contributed by atoms with Gasteiger partial charge in [-0.1, -0.05) is 12.1 Å². The molecule has 2 aromatic carbocycles. The van der Waals surface area contributed by atoms with E-state index >= 15 is 4.39 Å². The number of carbonyl (C=O) groups is 1. The third-order valence-electron chi connectivity index (χ3n) is 6.13. The van der Waals surface area contributed by atoms with Crippen LogP contribution in [0, 0.1) is 5.82 Å². The number of hydrogen-bond acceptors (Lipinski definition) is 6. The molecule has 1 N–H and O–H groups in total. The molecular formula is C26H23FN4O4S. The van der Waals surface area contributed by atoms with Gasteiger partial charge < -0.3 is 4.74 Å². The van der Waals surface area contributed by atoms with E-state index < -0.39 is 21.8 Å². The molecule has 0 atom stereocenters. The maximum atomic E-state index is 15.3. The van der Waals surface area contributed by atoms with E-state index in [4.69, 9.17) is 4.74 Å². The van der Waals surface area contributed by atoms with Crippen LogP contribution in [0.4, 0.5) is 10.1 Å². The Bertz CT molecular complexity index is 1560. The number of pyridine rings is 1. The number of carbonyl (C=O) groups excluding carboxylic acids is 1. The van der Waals surface area contributed by atoms with Gasteiger partial charge in [-0.15, -0.1) is 0 Å². The lowest BCUT2D eigenvalue weighted by Crippen LogP contribution is -2.17. The van der Waals surface area contributed by atoms with Gasteiger partial charge >= 0.3 is 5.97 Å². The zero-order valence-electron chi connectivity index (χ0n) is 19.6. The van der Waals surface area contributed by atoms with Crippen LogP contribution in [0.3, 0.4) is 0 Å². The Kier molecular flexibility index (Phi) is 6.05. The number of nitrogens with zero attached hydrogens (tertiary/aromatic N) is 3. The van der Waals surface area contributed by atoms with Crippen LogP contribution in [-0.2, 0) is 21.8 Å².